The molecule has 26 heavy (non-hydrogen) atoms. The minimum absolute atomic E-state index is 0.198. The number of nitrogens with zero attached hydrogens (tertiary/aromatic N) is 2. The lowest BCUT2D eigenvalue weighted by Crippen LogP contribution is -2.17. The number of aromatic amines is 1. The number of ether oxygens (including phenoxy) is 1. The van der Waals surface area contributed by atoms with Crippen molar-refractivity contribution in [3.8, 4) is 11.4 Å². The zero-order chi connectivity index (χ0) is 18.9. The van der Waals surface area contributed by atoms with Gasteiger partial charge in [-0.25, -0.2) is 14.5 Å². The Morgan fingerprint density at radius 3 is 2.50 bits per heavy atom. The van der Waals surface area contributed by atoms with Crippen molar-refractivity contribution in [2.75, 3.05) is 7.11 Å². The minimum Gasteiger partial charge on any atom is -0.496 e. The summed E-state index contributed by atoms with van der Waals surface area (Å²) in [4.78, 5) is 12.1. The summed E-state index contributed by atoms with van der Waals surface area (Å²) in [6.45, 7) is 0. The molecule has 9 heteroatoms. The third-order valence-corrected chi connectivity index (χ3v) is 4.02. The highest BCUT2D eigenvalue weighted by Gasteiger charge is 2.30. The summed E-state index contributed by atoms with van der Waals surface area (Å²) >= 11 is 6.00. The number of methoxy groups -OCH3 is 1. The van der Waals surface area contributed by atoms with Gasteiger partial charge in [0.2, 0.25) is 0 Å². The number of halogens is 4. The van der Waals surface area contributed by atoms with Gasteiger partial charge in [-0.15, -0.1) is 0 Å². The number of nitrogens with one attached hydrogen (secondary N) is 1. The van der Waals surface area contributed by atoms with E-state index < -0.39 is 17.4 Å². The molecule has 0 unspecified atom stereocenters. The first kappa shape index (κ1) is 18.1. The van der Waals surface area contributed by atoms with Crippen LogP contribution in [0.1, 0.15) is 17.0 Å². The van der Waals surface area contributed by atoms with Gasteiger partial charge in [0.05, 0.1) is 18.4 Å². The van der Waals surface area contributed by atoms with Crippen molar-refractivity contribution in [3.05, 3.63) is 74.9 Å². The molecule has 0 aliphatic rings. The lowest BCUT2D eigenvalue weighted by atomic mass is 10.1. The number of rotatable bonds is 4. The monoisotopic (exact) mass is 383 g/mol. The standard InChI is InChI=1S/C17H13ClF3N3O2/c1-26-14-7-4-12(18)8-10(14)9-15-22-23-16(25)24(15)13-5-2-11(3-6-13)17(19,20)21/h2-8H,9H2,1H3,(H,23,25). The second-order valence-corrected chi connectivity index (χ2v) is 5.89. The van der Waals surface area contributed by atoms with Crippen LogP contribution in [0.3, 0.4) is 0 Å². The molecule has 1 N–H and O–H groups in total. The van der Waals surface area contributed by atoms with E-state index in [1.807, 2.05) is 0 Å². The average molecular weight is 384 g/mol. The number of H-pyrrole nitrogens is 1. The van der Waals surface area contributed by atoms with Crippen molar-refractivity contribution in [3.63, 3.8) is 0 Å². The fraction of sp³-hybridized carbons (Fsp3) is 0.176. The second kappa shape index (κ2) is 6.87. The highest BCUT2D eigenvalue weighted by molar-refractivity contribution is 6.30. The molecule has 0 aliphatic heterocycles. The Bertz CT molecular complexity index is 978. The lowest BCUT2D eigenvalue weighted by Gasteiger charge is -2.11. The Balaban J connectivity index is 2.00. The molecular formula is C17H13ClF3N3O2. The highest BCUT2D eigenvalue weighted by Crippen LogP contribution is 2.30. The predicted molar refractivity (Wildman–Crippen MR) is 90.0 cm³/mol. The van der Waals surface area contributed by atoms with E-state index in [9.17, 15) is 18.0 Å². The van der Waals surface area contributed by atoms with Gasteiger partial charge in [0, 0.05) is 17.0 Å². The third-order valence-electron chi connectivity index (χ3n) is 3.79. The van der Waals surface area contributed by atoms with Crippen molar-refractivity contribution in [2.45, 2.75) is 12.6 Å². The van der Waals surface area contributed by atoms with E-state index in [0.29, 0.717) is 22.2 Å². The van der Waals surface area contributed by atoms with E-state index in [4.69, 9.17) is 16.3 Å². The number of hydrogen-bond acceptors (Lipinski definition) is 3. The zero-order valence-electron chi connectivity index (χ0n) is 13.5. The molecule has 0 bridgehead atoms. The van der Waals surface area contributed by atoms with E-state index >= 15 is 0 Å². The van der Waals surface area contributed by atoms with Crippen LogP contribution in [-0.2, 0) is 12.6 Å². The van der Waals surface area contributed by atoms with Crippen molar-refractivity contribution in [2.24, 2.45) is 0 Å². The van der Waals surface area contributed by atoms with Gasteiger partial charge in [0.15, 0.2) is 0 Å². The second-order valence-electron chi connectivity index (χ2n) is 5.46. The molecule has 0 fully saturated rings. The summed E-state index contributed by atoms with van der Waals surface area (Å²) in [5.41, 5.74) is -0.392. The van der Waals surface area contributed by atoms with E-state index in [1.54, 1.807) is 18.2 Å². The quantitative estimate of drug-likeness (QED) is 0.744. The molecule has 136 valence electrons. The van der Waals surface area contributed by atoms with Crippen LogP contribution in [0.15, 0.2) is 47.3 Å². The van der Waals surface area contributed by atoms with Crippen LogP contribution in [0.2, 0.25) is 5.02 Å². The Kier molecular flexibility index (Phi) is 4.78. The summed E-state index contributed by atoms with van der Waals surface area (Å²) in [5, 5.41) is 6.77. The van der Waals surface area contributed by atoms with Crippen LogP contribution < -0.4 is 10.4 Å². The van der Waals surface area contributed by atoms with E-state index in [-0.39, 0.29) is 12.1 Å². The number of hydrogen-bond donors (Lipinski definition) is 1. The first-order valence-corrected chi connectivity index (χ1v) is 7.83. The van der Waals surface area contributed by atoms with Crippen LogP contribution in [0.5, 0.6) is 5.75 Å². The largest absolute Gasteiger partial charge is 0.496 e. The summed E-state index contributed by atoms with van der Waals surface area (Å²) in [7, 11) is 1.50. The summed E-state index contributed by atoms with van der Waals surface area (Å²) in [6, 6.07) is 9.30. The molecule has 0 spiro atoms. The first-order valence-electron chi connectivity index (χ1n) is 7.46. The van der Waals surface area contributed by atoms with Crippen LogP contribution in [0, 0.1) is 0 Å². The maximum atomic E-state index is 12.7. The first-order chi connectivity index (χ1) is 12.3. The van der Waals surface area contributed by atoms with E-state index in [0.717, 1.165) is 12.1 Å². The molecule has 0 saturated heterocycles. The highest BCUT2D eigenvalue weighted by atomic mass is 35.5. The van der Waals surface area contributed by atoms with Gasteiger partial charge in [0.25, 0.3) is 0 Å². The number of alkyl halides is 3. The minimum atomic E-state index is -4.45. The van der Waals surface area contributed by atoms with Crippen LogP contribution in [0.25, 0.3) is 5.69 Å². The van der Waals surface area contributed by atoms with Crippen molar-refractivity contribution < 1.29 is 17.9 Å². The van der Waals surface area contributed by atoms with E-state index in [2.05, 4.69) is 10.2 Å². The fourth-order valence-corrected chi connectivity index (χ4v) is 2.76. The van der Waals surface area contributed by atoms with Crippen LogP contribution in [-0.4, -0.2) is 21.9 Å². The molecule has 1 heterocycles. The topological polar surface area (TPSA) is 59.9 Å². The summed E-state index contributed by atoms with van der Waals surface area (Å²) in [5.74, 6) is 0.874. The van der Waals surface area contributed by atoms with Gasteiger partial charge >= 0.3 is 11.9 Å². The van der Waals surface area contributed by atoms with E-state index in [1.165, 1.54) is 23.8 Å². The molecule has 2 aromatic carbocycles. The molecule has 3 aromatic rings. The van der Waals surface area contributed by atoms with Crippen LogP contribution in [0.4, 0.5) is 13.2 Å². The molecular weight excluding hydrogens is 371 g/mol. The molecule has 0 saturated carbocycles. The predicted octanol–water partition coefficient (Wildman–Crippen LogP) is 3.83. The van der Waals surface area contributed by atoms with Crippen molar-refractivity contribution >= 4 is 11.6 Å². The van der Waals surface area contributed by atoms with Gasteiger partial charge < -0.3 is 4.74 Å². The molecule has 5 nitrogen and oxygen atoms in total. The molecule has 0 amide bonds. The van der Waals surface area contributed by atoms with Crippen LogP contribution >= 0.6 is 11.6 Å². The maximum Gasteiger partial charge on any atom is 0.416 e. The maximum absolute atomic E-state index is 12.7. The van der Waals surface area contributed by atoms with Crippen molar-refractivity contribution in [1.29, 1.82) is 0 Å². The summed E-state index contributed by atoms with van der Waals surface area (Å²) in [6.07, 6.45) is -4.25. The lowest BCUT2D eigenvalue weighted by molar-refractivity contribution is -0.137. The molecule has 3 rings (SSSR count). The normalized spacial score (nSPS) is 11.6. The number of benzene rings is 2. The summed E-state index contributed by atoms with van der Waals surface area (Å²) < 4.78 is 44.6. The third kappa shape index (κ3) is 3.60. The van der Waals surface area contributed by atoms with Gasteiger partial charge in [-0.05, 0) is 42.5 Å². The zero-order valence-corrected chi connectivity index (χ0v) is 14.2. The fourth-order valence-electron chi connectivity index (χ4n) is 2.57. The van der Waals surface area contributed by atoms with Gasteiger partial charge in [-0.1, -0.05) is 11.6 Å². The Hall–Kier alpha value is -2.74. The Labute approximate surface area is 151 Å². The molecule has 0 atom stereocenters. The Morgan fingerprint density at radius 2 is 1.88 bits per heavy atom. The van der Waals surface area contributed by atoms with Crippen molar-refractivity contribution in [1.82, 2.24) is 14.8 Å². The molecule has 0 radical (unpaired) electrons. The van der Waals surface area contributed by atoms with Gasteiger partial charge in [-0.3, -0.25) is 0 Å². The van der Waals surface area contributed by atoms with Gasteiger partial charge in [0.1, 0.15) is 11.6 Å². The Morgan fingerprint density at radius 1 is 1.19 bits per heavy atom. The SMILES string of the molecule is COc1ccc(Cl)cc1Cc1n[nH]c(=O)n1-c1ccc(C(F)(F)F)cc1. The molecule has 0 aliphatic carbocycles. The smallest absolute Gasteiger partial charge is 0.416 e. The molecule has 1 aromatic heterocycles. The average Bonchev–Trinajstić information content (AvgIpc) is 2.95. The van der Waals surface area contributed by atoms with Gasteiger partial charge in [-0.2, -0.15) is 18.3 Å². The number of aromatic nitrogens is 3.